The molecule has 126 valence electrons. The predicted octanol–water partition coefficient (Wildman–Crippen LogP) is 2.10. The Kier molecular flexibility index (Phi) is 5.15. The fourth-order valence-electron chi connectivity index (χ4n) is 2.69. The number of nitrogens with one attached hydrogen (secondary N) is 2. The number of amides is 2. The minimum atomic E-state index is -0.129. The molecule has 0 radical (unpaired) electrons. The third-order valence-electron chi connectivity index (χ3n) is 4.17. The summed E-state index contributed by atoms with van der Waals surface area (Å²) in [6, 6.07) is 11.9. The molecule has 1 saturated heterocycles. The predicted molar refractivity (Wildman–Crippen MR) is 96.2 cm³/mol. The molecule has 0 spiro atoms. The van der Waals surface area contributed by atoms with Crippen LogP contribution in [0.5, 0.6) is 0 Å². The van der Waals surface area contributed by atoms with Gasteiger partial charge in [0.15, 0.2) is 0 Å². The zero-order valence-electron chi connectivity index (χ0n) is 13.6. The van der Waals surface area contributed by atoms with Gasteiger partial charge < -0.3 is 15.5 Å². The van der Waals surface area contributed by atoms with Gasteiger partial charge in [-0.15, -0.1) is 11.3 Å². The van der Waals surface area contributed by atoms with Crippen molar-refractivity contribution in [3.63, 3.8) is 0 Å². The molecular weight excluding hydrogens is 322 g/mol. The van der Waals surface area contributed by atoms with Crippen LogP contribution in [0.4, 0.5) is 5.69 Å². The van der Waals surface area contributed by atoms with E-state index >= 15 is 0 Å². The van der Waals surface area contributed by atoms with Gasteiger partial charge in [-0.3, -0.25) is 9.59 Å². The van der Waals surface area contributed by atoms with Gasteiger partial charge in [-0.1, -0.05) is 18.2 Å². The second-order valence-electron chi connectivity index (χ2n) is 5.89. The number of piperazine rings is 1. The normalized spacial score (nSPS) is 15.7. The molecule has 0 saturated carbocycles. The largest absolute Gasteiger partial charge is 0.360 e. The lowest BCUT2D eigenvalue weighted by atomic mass is 10.1. The molecule has 3 rings (SSSR count). The van der Waals surface area contributed by atoms with Crippen molar-refractivity contribution in [2.75, 3.05) is 24.5 Å². The van der Waals surface area contributed by atoms with Crippen molar-refractivity contribution in [1.82, 2.24) is 10.6 Å². The number of hydrogen-bond acceptors (Lipinski definition) is 4. The second kappa shape index (κ2) is 7.49. The molecule has 1 atom stereocenters. The number of benzene rings is 1. The summed E-state index contributed by atoms with van der Waals surface area (Å²) in [4.78, 5) is 26.8. The molecule has 0 unspecified atom stereocenters. The zero-order chi connectivity index (χ0) is 16.9. The Balaban J connectivity index is 1.54. The molecule has 0 aliphatic carbocycles. The van der Waals surface area contributed by atoms with E-state index in [1.54, 1.807) is 11.3 Å². The van der Waals surface area contributed by atoms with Gasteiger partial charge in [0.05, 0.1) is 12.5 Å². The third kappa shape index (κ3) is 3.94. The van der Waals surface area contributed by atoms with E-state index in [0.717, 1.165) is 22.7 Å². The summed E-state index contributed by atoms with van der Waals surface area (Å²) >= 11 is 1.60. The molecule has 6 heteroatoms. The molecule has 5 nitrogen and oxygen atoms in total. The van der Waals surface area contributed by atoms with Gasteiger partial charge in [0, 0.05) is 30.2 Å². The molecule has 1 fully saturated rings. The van der Waals surface area contributed by atoms with Crippen LogP contribution in [0.1, 0.15) is 23.3 Å². The first-order chi connectivity index (χ1) is 11.6. The van der Waals surface area contributed by atoms with Gasteiger partial charge in [-0.25, -0.2) is 0 Å². The van der Waals surface area contributed by atoms with E-state index in [0.29, 0.717) is 19.6 Å². The number of carbonyl (C=O) groups excluding carboxylic acids is 2. The van der Waals surface area contributed by atoms with Crippen LogP contribution in [0, 0.1) is 0 Å². The SMILES string of the molecule is C[C@H](C(=O)NCc1ccc(N2CCNC(=O)C2)cc1)c1cccs1. The fourth-order valence-corrected chi connectivity index (χ4v) is 3.48. The highest BCUT2D eigenvalue weighted by Crippen LogP contribution is 2.21. The summed E-state index contributed by atoms with van der Waals surface area (Å²) in [5.41, 5.74) is 2.08. The van der Waals surface area contributed by atoms with E-state index < -0.39 is 0 Å². The summed E-state index contributed by atoms with van der Waals surface area (Å²) in [5.74, 6) is -0.0366. The first-order valence-corrected chi connectivity index (χ1v) is 8.93. The molecule has 1 aromatic carbocycles. The van der Waals surface area contributed by atoms with Crippen molar-refractivity contribution in [2.24, 2.45) is 0 Å². The Morgan fingerprint density at radius 1 is 1.33 bits per heavy atom. The maximum atomic E-state index is 12.2. The standard InChI is InChI=1S/C18H21N3O2S/c1-13(16-3-2-10-24-16)18(23)20-11-14-4-6-15(7-5-14)21-9-8-19-17(22)12-21/h2-7,10,13H,8-9,11-12H2,1H3,(H,19,22)(H,20,23)/t13-/m0/s1. The van der Waals surface area contributed by atoms with E-state index in [1.807, 2.05) is 48.7 Å². The highest BCUT2D eigenvalue weighted by molar-refractivity contribution is 7.10. The van der Waals surface area contributed by atoms with Gasteiger partial charge in [0.1, 0.15) is 0 Å². The Labute approximate surface area is 145 Å². The summed E-state index contributed by atoms with van der Waals surface area (Å²) in [5, 5.41) is 7.79. The molecular formula is C18H21N3O2S. The van der Waals surface area contributed by atoms with Gasteiger partial charge >= 0.3 is 0 Å². The molecule has 2 amide bonds. The van der Waals surface area contributed by atoms with Gasteiger partial charge in [0.25, 0.3) is 0 Å². The first kappa shape index (κ1) is 16.5. The topological polar surface area (TPSA) is 61.4 Å². The molecule has 1 aromatic heterocycles. The maximum absolute atomic E-state index is 12.2. The molecule has 0 bridgehead atoms. The number of anilines is 1. The molecule has 2 N–H and O–H groups in total. The van der Waals surface area contributed by atoms with Crippen molar-refractivity contribution < 1.29 is 9.59 Å². The molecule has 2 aromatic rings. The molecule has 1 aliphatic heterocycles. The average molecular weight is 343 g/mol. The Bertz CT molecular complexity index is 698. The van der Waals surface area contributed by atoms with E-state index in [9.17, 15) is 9.59 Å². The van der Waals surface area contributed by atoms with Crippen molar-refractivity contribution in [3.8, 4) is 0 Å². The summed E-state index contributed by atoms with van der Waals surface area (Å²) < 4.78 is 0. The van der Waals surface area contributed by atoms with E-state index in [4.69, 9.17) is 0 Å². The number of rotatable bonds is 5. The van der Waals surface area contributed by atoms with Crippen LogP contribution in [-0.2, 0) is 16.1 Å². The number of thiophene rings is 1. The van der Waals surface area contributed by atoms with Crippen LogP contribution in [0.15, 0.2) is 41.8 Å². The van der Waals surface area contributed by atoms with Crippen molar-refractivity contribution >= 4 is 28.8 Å². The maximum Gasteiger partial charge on any atom is 0.239 e. The van der Waals surface area contributed by atoms with Crippen molar-refractivity contribution in [3.05, 3.63) is 52.2 Å². The quantitative estimate of drug-likeness (QED) is 0.874. The zero-order valence-corrected chi connectivity index (χ0v) is 14.4. The first-order valence-electron chi connectivity index (χ1n) is 8.05. The van der Waals surface area contributed by atoms with Crippen LogP contribution in [0.3, 0.4) is 0 Å². The van der Waals surface area contributed by atoms with Gasteiger partial charge in [0.2, 0.25) is 11.8 Å². The molecule has 1 aliphatic rings. The fraction of sp³-hybridized carbons (Fsp3) is 0.333. The number of hydrogen-bond donors (Lipinski definition) is 2. The lowest BCUT2D eigenvalue weighted by Gasteiger charge is -2.28. The van der Waals surface area contributed by atoms with E-state index in [2.05, 4.69) is 15.5 Å². The Morgan fingerprint density at radius 2 is 2.12 bits per heavy atom. The number of nitrogens with zero attached hydrogens (tertiary/aromatic N) is 1. The van der Waals surface area contributed by atoms with Crippen molar-refractivity contribution in [1.29, 1.82) is 0 Å². The van der Waals surface area contributed by atoms with Crippen LogP contribution in [0.25, 0.3) is 0 Å². The number of carbonyl (C=O) groups is 2. The average Bonchev–Trinajstić information content (AvgIpc) is 3.14. The Morgan fingerprint density at radius 3 is 2.79 bits per heavy atom. The van der Waals surface area contributed by atoms with Gasteiger partial charge in [-0.2, -0.15) is 0 Å². The summed E-state index contributed by atoms with van der Waals surface area (Å²) in [6.45, 7) is 4.33. The third-order valence-corrected chi connectivity index (χ3v) is 5.22. The van der Waals surface area contributed by atoms with Crippen LogP contribution in [-0.4, -0.2) is 31.4 Å². The highest BCUT2D eigenvalue weighted by atomic mass is 32.1. The van der Waals surface area contributed by atoms with Crippen molar-refractivity contribution in [2.45, 2.75) is 19.4 Å². The smallest absolute Gasteiger partial charge is 0.239 e. The summed E-state index contributed by atoms with van der Waals surface area (Å²) in [6.07, 6.45) is 0. The minimum Gasteiger partial charge on any atom is -0.360 e. The minimum absolute atomic E-state index is 0.0363. The van der Waals surface area contributed by atoms with Crippen LogP contribution < -0.4 is 15.5 Å². The monoisotopic (exact) mass is 343 g/mol. The van der Waals surface area contributed by atoms with Gasteiger partial charge in [-0.05, 0) is 36.1 Å². The van der Waals surface area contributed by atoms with Crippen LogP contribution >= 0.6 is 11.3 Å². The summed E-state index contributed by atoms with van der Waals surface area (Å²) in [7, 11) is 0. The molecule has 24 heavy (non-hydrogen) atoms. The molecule has 2 heterocycles. The lowest BCUT2D eigenvalue weighted by molar-refractivity contribution is -0.122. The van der Waals surface area contributed by atoms with E-state index in [-0.39, 0.29) is 17.7 Å². The van der Waals surface area contributed by atoms with Crippen LogP contribution in [0.2, 0.25) is 0 Å². The Hall–Kier alpha value is -2.34. The highest BCUT2D eigenvalue weighted by Gasteiger charge is 2.17. The lowest BCUT2D eigenvalue weighted by Crippen LogP contribution is -2.47. The second-order valence-corrected chi connectivity index (χ2v) is 6.87. The van der Waals surface area contributed by atoms with E-state index in [1.165, 1.54) is 0 Å².